The molecule has 0 amide bonds. The average Bonchev–Trinajstić information content (AvgIpc) is 2.11. The quantitative estimate of drug-likeness (QED) is 0.635. The van der Waals surface area contributed by atoms with E-state index in [2.05, 4.69) is 6.07 Å². The highest BCUT2D eigenvalue weighted by molar-refractivity contribution is 5.93. The lowest BCUT2D eigenvalue weighted by molar-refractivity contribution is -0.124. The number of carbonyl (C=O) groups is 1. The monoisotopic (exact) mass is 189 g/mol. The maximum Gasteiger partial charge on any atom is 0.143 e. The summed E-state index contributed by atoms with van der Waals surface area (Å²) in [5.41, 5.74) is 8.54. The van der Waals surface area contributed by atoms with Crippen LogP contribution in [0.1, 0.15) is 31.4 Å². The first-order chi connectivity index (χ1) is 6.53. The third kappa shape index (κ3) is 1.14. The van der Waals surface area contributed by atoms with E-state index in [0.29, 0.717) is 12.2 Å². The second-order valence-corrected chi connectivity index (χ2v) is 4.43. The molecule has 0 radical (unpaired) electrons. The van der Waals surface area contributed by atoms with Crippen LogP contribution in [0.2, 0.25) is 0 Å². The molecule has 2 nitrogen and oxygen atoms in total. The second-order valence-electron chi connectivity index (χ2n) is 4.43. The minimum absolute atomic E-state index is 0.294. The molecular formula is C12H15NO. The maximum absolute atomic E-state index is 11.8. The van der Waals surface area contributed by atoms with Crippen LogP contribution in [0.15, 0.2) is 18.2 Å². The van der Waals surface area contributed by atoms with Gasteiger partial charge in [-0.3, -0.25) is 4.79 Å². The summed E-state index contributed by atoms with van der Waals surface area (Å²) in [5, 5.41) is 0. The summed E-state index contributed by atoms with van der Waals surface area (Å²) in [6.07, 6.45) is 1.48. The fourth-order valence-corrected chi connectivity index (χ4v) is 2.29. The molecule has 1 aromatic carbocycles. The van der Waals surface area contributed by atoms with Gasteiger partial charge in [0.1, 0.15) is 5.78 Å². The number of hydrogen-bond acceptors (Lipinski definition) is 2. The smallest absolute Gasteiger partial charge is 0.143 e. The number of anilines is 1. The molecule has 2 rings (SSSR count). The molecule has 1 aliphatic rings. The number of benzene rings is 1. The SMILES string of the molecule is CC1(C)C(=O)CCc2cccc(N)c21. The first kappa shape index (κ1) is 9.25. The first-order valence-corrected chi connectivity index (χ1v) is 4.94. The molecule has 0 aliphatic heterocycles. The van der Waals surface area contributed by atoms with Crippen molar-refractivity contribution in [2.75, 3.05) is 5.73 Å². The second kappa shape index (κ2) is 2.84. The molecule has 0 unspecified atom stereocenters. The van der Waals surface area contributed by atoms with Crippen molar-refractivity contribution < 1.29 is 4.79 Å². The van der Waals surface area contributed by atoms with Gasteiger partial charge in [-0.1, -0.05) is 12.1 Å². The summed E-state index contributed by atoms with van der Waals surface area (Å²) in [5.74, 6) is 0.294. The Labute approximate surface area is 84.1 Å². The number of ketones is 1. The minimum Gasteiger partial charge on any atom is -0.398 e. The van der Waals surface area contributed by atoms with Crippen LogP contribution in [0.5, 0.6) is 0 Å². The van der Waals surface area contributed by atoms with Crippen molar-refractivity contribution >= 4 is 11.5 Å². The Balaban J connectivity index is 2.67. The van der Waals surface area contributed by atoms with Crippen LogP contribution in [0.4, 0.5) is 5.69 Å². The fraction of sp³-hybridized carbons (Fsp3) is 0.417. The van der Waals surface area contributed by atoms with Gasteiger partial charge in [-0.05, 0) is 37.5 Å². The average molecular weight is 189 g/mol. The van der Waals surface area contributed by atoms with Gasteiger partial charge in [0.2, 0.25) is 0 Å². The molecule has 0 saturated heterocycles. The molecule has 0 fully saturated rings. The van der Waals surface area contributed by atoms with Gasteiger partial charge in [0.25, 0.3) is 0 Å². The molecule has 0 aromatic heterocycles. The molecule has 2 N–H and O–H groups in total. The summed E-state index contributed by atoms with van der Waals surface area (Å²) in [6.45, 7) is 3.92. The summed E-state index contributed by atoms with van der Waals surface area (Å²) >= 11 is 0. The van der Waals surface area contributed by atoms with E-state index in [-0.39, 0.29) is 0 Å². The number of nitrogens with two attached hydrogens (primary N) is 1. The molecule has 1 aliphatic carbocycles. The number of rotatable bonds is 0. The number of aryl methyl sites for hydroxylation is 1. The van der Waals surface area contributed by atoms with Gasteiger partial charge >= 0.3 is 0 Å². The molecule has 0 bridgehead atoms. The van der Waals surface area contributed by atoms with Crippen LogP contribution >= 0.6 is 0 Å². The van der Waals surface area contributed by atoms with Crippen molar-refractivity contribution in [3.8, 4) is 0 Å². The Hall–Kier alpha value is -1.31. The van der Waals surface area contributed by atoms with Crippen LogP contribution in [-0.4, -0.2) is 5.78 Å². The van der Waals surface area contributed by atoms with E-state index < -0.39 is 5.41 Å². The van der Waals surface area contributed by atoms with Gasteiger partial charge < -0.3 is 5.73 Å². The Bertz CT molecular complexity index is 393. The van der Waals surface area contributed by atoms with Crippen molar-refractivity contribution in [1.29, 1.82) is 0 Å². The third-order valence-electron chi connectivity index (χ3n) is 3.13. The third-order valence-corrected chi connectivity index (χ3v) is 3.13. The van der Waals surface area contributed by atoms with Crippen LogP contribution in [-0.2, 0) is 16.6 Å². The van der Waals surface area contributed by atoms with E-state index in [1.54, 1.807) is 0 Å². The topological polar surface area (TPSA) is 43.1 Å². The molecule has 2 heteroatoms. The lowest BCUT2D eigenvalue weighted by Gasteiger charge is -2.32. The van der Waals surface area contributed by atoms with Gasteiger partial charge in [0.05, 0.1) is 5.41 Å². The molecule has 0 heterocycles. The highest BCUT2D eigenvalue weighted by Gasteiger charge is 2.36. The molecule has 14 heavy (non-hydrogen) atoms. The highest BCUT2D eigenvalue weighted by Crippen LogP contribution is 2.37. The number of Topliss-reactive ketones (excluding diaryl/α,β-unsaturated/α-hetero) is 1. The Morgan fingerprint density at radius 3 is 2.71 bits per heavy atom. The van der Waals surface area contributed by atoms with E-state index in [1.807, 2.05) is 26.0 Å². The van der Waals surface area contributed by atoms with E-state index in [0.717, 1.165) is 17.7 Å². The number of hydrogen-bond donors (Lipinski definition) is 1. The minimum atomic E-state index is -0.404. The van der Waals surface area contributed by atoms with E-state index in [4.69, 9.17) is 5.73 Å². The predicted molar refractivity (Wildman–Crippen MR) is 57.2 cm³/mol. The number of fused-ring (bicyclic) bond motifs is 1. The lowest BCUT2D eigenvalue weighted by atomic mass is 9.71. The normalized spacial score (nSPS) is 19.1. The zero-order valence-electron chi connectivity index (χ0n) is 8.63. The highest BCUT2D eigenvalue weighted by atomic mass is 16.1. The van der Waals surface area contributed by atoms with Crippen LogP contribution in [0, 0.1) is 0 Å². The van der Waals surface area contributed by atoms with E-state index >= 15 is 0 Å². The molecule has 74 valence electrons. The van der Waals surface area contributed by atoms with Gasteiger partial charge in [0.15, 0.2) is 0 Å². The van der Waals surface area contributed by atoms with Gasteiger partial charge in [-0.25, -0.2) is 0 Å². The van der Waals surface area contributed by atoms with Crippen molar-refractivity contribution in [1.82, 2.24) is 0 Å². The summed E-state index contributed by atoms with van der Waals surface area (Å²) in [4.78, 5) is 11.8. The fourth-order valence-electron chi connectivity index (χ4n) is 2.29. The van der Waals surface area contributed by atoms with E-state index in [1.165, 1.54) is 5.56 Å². The van der Waals surface area contributed by atoms with Crippen molar-refractivity contribution in [2.45, 2.75) is 32.1 Å². The predicted octanol–water partition coefficient (Wildman–Crippen LogP) is 2.06. The zero-order valence-corrected chi connectivity index (χ0v) is 8.63. The zero-order chi connectivity index (χ0) is 10.3. The molecule has 1 aromatic rings. The number of carbonyl (C=O) groups excluding carboxylic acids is 1. The Morgan fingerprint density at radius 1 is 1.29 bits per heavy atom. The molecule has 0 atom stereocenters. The largest absolute Gasteiger partial charge is 0.398 e. The van der Waals surface area contributed by atoms with Gasteiger partial charge in [-0.2, -0.15) is 0 Å². The van der Waals surface area contributed by atoms with Gasteiger partial charge in [0, 0.05) is 12.1 Å². The summed E-state index contributed by atoms with van der Waals surface area (Å²) in [6, 6.07) is 5.90. The van der Waals surface area contributed by atoms with Gasteiger partial charge in [-0.15, -0.1) is 0 Å². The summed E-state index contributed by atoms with van der Waals surface area (Å²) < 4.78 is 0. The number of nitrogen functional groups attached to an aromatic ring is 1. The maximum atomic E-state index is 11.8. The molecular weight excluding hydrogens is 174 g/mol. The van der Waals surface area contributed by atoms with Crippen molar-refractivity contribution in [3.05, 3.63) is 29.3 Å². The van der Waals surface area contributed by atoms with Crippen LogP contribution in [0.25, 0.3) is 0 Å². The standard InChI is InChI=1S/C12H15NO/c1-12(2)10(14)7-6-8-4-3-5-9(13)11(8)12/h3-5H,6-7,13H2,1-2H3. The summed E-state index contributed by atoms with van der Waals surface area (Å²) in [7, 11) is 0. The van der Waals surface area contributed by atoms with E-state index in [9.17, 15) is 4.79 Å². The lowest BCUT2D eigenvalue weighted by Crippen LogP contribution is -2.35. The van der Waals surface area contributed by atoms with Crippen molar-refractivity contribution in [3.63, 3.8) is 0 Å². The Kier molecular flexibility index (Phi) is 1.88. The molecule has 0 spiro atoms. The Morgan fingerprint density at radius 2 is 2.00 bits per heavy atom. The first-order valence-electron chi connectivity index (χ1n) is 4.94. The van der Waals surface area contributed by atoms with Crippen molar-refractivity contribution in [2.24, 2.45) is 0 Å². The van der Waals surface area contributed by atoms with Crippen LogP contribution in [0.3, 0.4) is 0 Å². The molecule has 0 saturated carbocycles. The van der Waals surface area contributed by atoms with Crippen LogP contribution < -0.4 is 5.73 Å².